The van der Waals surface area contributed by atoms with Crippen LogP contribution in [0.3, 0.4) is 0 Å². The minimum Gasteiger partial charge on any atom is -0.378 e. The number of rotatable bonds is 5. The van der Waals surface area contributed by atoms with E-state index >= 15 is 0 Å². The van der Waals surface area contributed by atoms with Gasteiger partial charge in [0.1, 0.15) is 11.6 Å². The largest absolute Gasteiger partial charge is 0.378 e. The molecule has 0 spiro atoms. The van der Waals surface area contributed by atoms with E-state index in [1.807, 2.05) is 13.8 Å². The summed E-state index contributed by atoms with van der Waals surface area (Å²) in [5.74, 6) is -0.702. The van der Waals surface area contributed by atoms with Crippen molar-refractivity contribution in [1.82, 2.24) is 5.32 Å². The summed E-state index contributed by atoms with van der Waals surface area (Å²) < 4.78 is 33.9. The molecule has 0 amide bonds. The molecule has 3 atom stereocenters. The molecule has 2 nitrogen and oxygen atoms in total. The maximum atomic E-state index is 14.1. The Hall–Kier alpha value is -0.520. The molecule has 3 unspecified atom stereocenters. The van der Waals surface area contributed by atoms with Crippen molar-refractivity contribution in [3.8, 4) is 0 Å². The summed E-state index contributed by atoms with van der Waals surface area (Å²) in [6.07, 6.45) is 1.39. The fourth-order valence-corrected chi connectivity index (χ4v) is 3.26. The quantitative estimate of drug-likeness (QED) is 0.820. The third kappa shape index (κ3) is 3.38. The molecule has 5 heteroatoms. The van der Waals surface area contributed by atoms with Gasteiger partial charge in [0.05, 0.1) is 10.6 Å². The Bertz CT molecular complexity index is 469. The number of halogens is 3. The zero-order chi connectivity index (χ0) is 14.7. The lowest BCUT2D eigenvalue weighted by molar-refractivity contribution is 0.0953. The number of benzene rings is 1. The van der Waals surface area contributed by atoms with Gasteiger partial charge < -0.3 is 10.1 Å². The molecule has 1 aromatic rings. The van der Waals surface area contributed by atoms with Crippen LogP contribution in [0.4, 0.5) is 8.78 Å². The third-order valence-corrected chi connectivity index (χ3v) is 4.59. The predicted octanol–water partition coefficient (Wildman–Crippen LogP) is 3.67. The van der Waals surface area contributed by atoms with Crippen molar-refractivity contribution in [3.63, 3.8) is 0 Å². The first-order valence-electron chi connectivity index (χ1n) is 7.02. The van der Waals surface area contributed by atoms with Crippen LogP contribution in [0, 0.1) is 17.6 Å². The second-order valence-corrected chi connectivity index (χ2v) is 6.07. The summed E-state index contributed by atoms with van der Waals surface area (Å²) in [7, 11) is 0. The van der Waals surface area contributed by atoms with Crippen molar-refractivity contribution in [2.45, 2.75) is 38.8 Å². The highest BCUT2D eigenvalue weighted by molar-refractivity contribution is 9.10. The van der Waals surface area contributed by atoms with Crippen molar-refractivity contribution >= 4 is 15.9 Å². The summed E-state index contributed by atoms with van der Waals surface area (Å²) in [5.41, 5.74) is 0.143. The van der Waals surface area contributed by atoms with E-state index in [4.69, 9.17) is 4.74 Å². The van der Waals surface area contributed by atoms with E-state index in [9.17, 15) is 8.78 Å². The fraction of sp³-hybridized carbons (Fsp3) is 0.600. The van der Waals surface area contributed by atoms with Gasteiger partial charge in [-0.25, -0.2) is 8.78 Å². The lowest BCUT2D eigenvalue weighted by Crippen LogP contribution is -2.41. The smallest absolute Gasteiger partial charge is 0.143 e. The zero-order valence-electron chi connectivity index (χ0n) is 11.8. The van der Waals surface area contributed by atoms with Gasteiger partial charge in [0.25, 0.3) is 0 Å². The average Bonchev–Trinajstić information content (AvgIpc) is 2.84. The van der Waals surface area contributed by atoms with Crippen LogP contribution in [0.25, 0.3) is 0 Å². The van der Waals surface area contributed by atoms with Gasteiger partial charge in [-0.3, -0.25) is 0 Å². The van der Waals surface area contributed by atoms with E-state index in [0.29, 0.717) is 10.9 Å². The van der Waals surface area contributed by atoms with Crippen LogP contribution in [0.1, 0.15) is 25.8 Å². The first-order chi connectivity index (χ1) is 9.54. The molecule has 20 heavy (non-hydrogen) atoms. The molecule has 2 rings (SSSR count). The Morgan fingerprint density at radius 2 is 2.20 bits per heavy atom. The van der Waals surface area contributed by atoms with Gasteiger partial charge in [-0.15, -0.1) is 0 Å². The summed E-state index contributed by atoms with van der Waals surface area (Å²) in [4.78, 5) is 0. The number of ether oxygens (including phenoxy) is 1. The van der Waals surface area contributed by atoms with Crippen LogP contribution >= 0.6 is 15.9 Å². The molecule has 1 aromatic carbocycles. The van der Waals surface area contributed by atoms with E-state index in [1.165, 1.54) is 12.1 Å². The predicted molar refractivity (Wildman–Crippen MR) is 78.7 cm³/mol. The first-order valence-corrected chi connectivity index (χ1v) is 7.81. The summed E-state index contributed by atoms with van der Waals surface area (Å²) >= 11 is 3.12. The Morgan fingerprint density at radius 3 is 2.80 bits per heavy atom. The number of hydrogen-bond acceptors (Lipinski definition) is 2. The van der Waals surface area contributed by atoms with Crippen molar-refractivity contribution < 1.29 is 13.5 Å². The molecule has 1 fully saturated rings. The van der Waals surface area contributed by atoms with Crippen molar-refractivity contribution in [1.29, 1.82) is 0 Å². The van der Waals surface area contributed by atoms with Crippen LogP contribution < -0.4 is 5.32 Å². The molecular weight excluding hydrogens is 328 g/mol. The zero-order valence-corrected chi connectivity index (χ0v) is 13.3. The lowest BCUT2D eigenvalue weighted by atomic mass is 9.88. The molecule has 0 radical (unpaired) electrons. The van der Waals surface area contributed by atoms with Gasteiger partial charge >= 0.3 is 0 Å². The molecule has 0 saturated carbocycles. The lowest BCUT2D eigenvalue weighted by Gasteiger charge is -2.27. The van der Waals surface area contributed by atoms with Crippen molar-refractivity contribution in [2.75, 3.05) is 13.2 Å². The maximum absolute atomic E-state index is 14.1. The summed E-state index contributed by atoms with van der Waals surface area (Å²) in [5, 5.41) is 3.35. The monoisotopic (exact) mass is 347 g/mol. The molecular formula is C15H20BrF2NO. The summed E-state index contributed by atoms with van der Waals surface area (Å²) in [6.45, 7) is 5.51. The van der Waals surface area contributed by atoms with E-state index in [2.05, 4.69) is 21.2 Å². The van der Waals surface area contributed by atoms with Crippen molar-refractivity contribution in [3.05, 3.63) is 33.8 Å². The second kappa shape index (κ2) is 6.96. The number of nitrogens with one attached hydrogen (secondary N) is 1. The molecule has 0 aliphatic carbocycles. The van der Waals surface area contributed by atoms with Gasteiger partial charge in [0.15, 0.2) is 0 Å². The van der Waals surface area contributed by atoms with Crippen LogP contribution in [0.2, 0.25) is 0 Å². The number of hydrogen-bond donors (Lipinski definition) is 1. The topological polar surface area (TPSA) is 21.3 Å². The standard InChI is InChI=1S/C15H20BrF2NO/c1-3-19-14(10-6-7-20-9(10)2)8-11-13(17)5-4-12(16)15(11)18/h4-5,9-10,14,19H,3,6-8H2,1-2H3. The van der Waals surface area contributed by atoms with Gasteiger partial charge in [-0.2, -0.15) is 0 Å². The number of likely N-dealkylation sites (N-methyl/N-ethyl adjacent to an activating group) is 1. The summed E-state index contributed by atoms with van der Waals surface area (Å²) in [6, 6.07) is 2.73. The molecule has 0 aromatic heterocycles. The Kier molecular flexibility index (Phi) is 5.52. The van der Waals surface area contributed by atoms with E-state index in [-0.39, 0.29) is 23.6 Å². The first kappa shape index (κ1) is 15.9. The normalized spacial score (nSPS) is 24.1. The Balaban J connectivity index is 2.22. The fourth-order valence-electron chi connectivity index (χ4n) is 2.89. The van der Waals surface area contributed by atoms with E-state index in [0.717, 1.165) is 19.6 Å². The maximum Gasteiger partial charge on any atom is 0.143 e. The third-order valence-electron chi connectivity index (χ3n) is 3.98. The van der Waals surface area contributed by atoms with Crippen molar-refractivity contribution in [2.24, 2.45) is 5.92 Å². The molecule has 1 aliphatic rings. The van der Waals surface area contributed by atoms with Gasteiger partial charge in [0.2, 0.25) is 0 Å². The van der Waals surface area contributed by atoms with Crippen LogP contribution in [-0.4, -0.2) is 25.3 Å². The molecule has 1 saturated heterocycles. The minimum absolute atomic E-state index is 0.0239. The van der Waals surface area contributed by atoms with Crippen LogP contribution in [0.15, 0.2) is 16.6 Å². The van der Waals surface area contributed by atoms with Crippen LogP contribution in [0.5, 0.6) is 0 Å². The minimum atomic E-state index is -0.500. The molecule has 112 valence electrons. The second-order valence-electron chi connectivity index (χ2n) is 5.22. The van der Waals surface area contributed by atoms with Gasteiger partial charge in [-0.1, -0.05) is 6.92 Å². The van der Waals surface area contributed by atoms with Gasteiger partial charge in [0, 0.05) is 24.1 Å². The highest BCUT2D eigenvalue weighted by Crippen LogP contribution is 2.29. The average molecular weight is 348 g/mol. The molecule has 1 heterocycles. The SMILES string of the molecule is CCNC(Cc1c(F)ccc(Br)c1F)C1CCOC1C. The van der Waals surface area contributed by atoms with E-state index < -0.39 is 11.6 Å². The highest BCUT2D eigenvalue weighted by Gasteiger charge is 2.32. The molecule has 0 bridgehead atoms. The van der Waals surface area contributed by atoms with Gasteiger partial charge in [-0.05, 0) is 54.4 Å². The Labute approximate surface area is 127 Å². The van der Waals surface area contributed by atoms with Crippen LogP contribution in [-0.2, 0) is 11.2 Å². The molecule has 1 aliphatic heterocycles. The van der Waals surface area contributed by atoms with E-state index in [1.54, 1.807) is 0 Å². The molecule has 1 N–H and O–H groups in total. The Morgan fingerprint density at radius 1 is 1.45 bits per heavy atom. The highest BCUT2D eigenvalue weighted by atomic mass is 79.9.